The van der Waals surface area contributed by atoms with Gasteiger partial charge in [-0.1, -0.05) is 5.16 Å². The van der Waals surface area contributed by atoms with Crippen LogP contribution in [0.3, 0.4) is 0 Å². The number of nitrogens with one attached hydrogen (secondary N) is 2. The third-order valence-electron chi connectivity index (χ3n) is 2.36. The number of benzene rings is 1. The van der Waals surface area contributed by atoms with Crippen molar-refractivity contribution in [2.24, 2.45) is 0 Å². The smallest absolute Gasteiger partial charge is 0.314 e. The number of anilines is 1. The molecule has 0 aliphatic heterocycles. The lowest BCUT2D eigenvalue weighted by molar-refractivity contribution is -0.136. The standard InChI is InChI=1S/C13H12FN3O4/c14-9-1-3-10(4-2-9)20-8-6-15-12(18)13(19)16-11-5-7-21-17-11/h1-5,7H,6,8H2,(H,15,18)(H,16,17,19). The molecule has 2 N–H and O–H groups in total. The quantitative estimate of drug-likeness (QED) is 0.632. The second-order valence-corrected chi connectivity index (χ2v) is 3.90. The molecule has 8 heteroatoms. The van der Waals surface area contributed by atoms with Crippen LogP contribution in [-0.4, -0.2) is 30.1 Å². The van der Waals surface area contributed by atoms with E-state index in [0.717, 1.165) is 0 Å². The molecule has 0 fully saturated rings. The lowest BCUT2D eigenvalue weighted by atomic mass is 10.3. The van der Waals surface area contributed by atoms with Gasteiger partial charge in [0.1, 0.15) is 24.4 Å². The lowest BCUT2D eigenvalue weighted by Crippen LogP contribution is -2.37. The molecule has 2 aromatic rings. The van der Waals surface area contributed by atoms with Crippen LogP contribution in [0.15, 0.2) is 41.1 Å². The van der Waals surface area contributed by atoms with E-state index in [0.29, 0.717) is 5.75 Å². The zero-order valence-corrected chi connectivity index (χ0v) is 10.8. The SMILES string of the molecule is O=C(NCCOc1ccc(F)cc1)C(=O)Nc1ccon1. The molecular formula is C13H12FN3O4. The van der Waals surface area contributed by atoms with Crippen LogP contribution in [-0.2, 0) is 9.59 Å². The molecule has 0 saturated heterocycles. The Morgan fingerprint density at radius 3 is 2.62 bits per heavy atom. The fourth-order valence-electron chi connectivity index (χ4n) is 1.39. The summed E-state index contributed by atoms with van der Waals surface area (Å²) in [7, 11) is 0. The summed E-state index contributed by atoms with van der Waals surface area (Å²) in [6.07, 6.45) is 1.27. The van der Waals surface area contributed by atoms with Crippen LogP contribution in [0.5, 0.6) is 5.75 Å². The monoisotopic (exact) mass is 293 g/mol. The van der Waals surface area contributed by atoms with Crippen LogP contribution >= 0.6 is 0 Å². The molecule has 1 aromatic heterocycles. The lowest BCUT2D eigenvalue weighted by Gasteiger charge is -2.07. The zero-order valence-electron chi connectivity index (χ0n) is 10.8. The molecule has 0 spiro atoms. The molecule has 0 unspecified atom stereocenters. The third-order valence-corrected chi connectivity index (χ3v) is 2.36. The molecule has 1 aromatic carbocycles. The highest BCUT2D eigenvalue weighted by molar-refractivity contribution is 6.39. The van der Waals surface area contributed by atoms with Gasteiger partial charge in [-0.2, -0.15) is 0 Å². The average Bonchev–Trinajstić information content (AvgIpc) is 2.98. The van der Waals surface area contributed by atoms with Crippen LogP contribution < -0.4 is 15.4 Å². The van der Waals surface area contributed by atoms with Crippen molar-refractivity contribution in [1.29, 1.82) is 0 Å². The molecule has 0 aliphatic rings. The Hall–Kier alpha value is -2.90. The predicted molar refractivity (Wildman–Crippen MR) is 70.0 cm³/mol. The number of hydrogen-bond donors (Lipinski definition) is 2. The van der Waals surface area contributed by atoms with E-state index in [4.69, 9.17) is 4.74 Å². The van der Waals surface area contributed by atoms with Gasteiger partial charge in [-0.05, 0) is 24.3 Å². The number of nitrogens with zero attached hydrogens (tertiary/aromatic N) is 1. The zero-order chi connectivity index (χ0) is 15.1. The van der Waals surface area contributed by atoms with Crippen molar-refractivity contribution in [2.75, 3.05) is 18.5 Å². The first-order valence-electron chi connectivity index (χ1n) is 6.03. The van der Waals surface area contributed by atoms with Gasteiger partial charge in [-0.15, -0.1) is 0 Å². The van der Waals surface area contributed by atoms with Crippen LogP contribution in [0.1, 0.15) is 0 Å². The molecular weight excluding hydrogens is 281 g/mol. The van der Waals surface area contributed by atoms with E-state index in [2.05, 4.69) is 20.3 Å². The fourth-order valence-corrected chi connectivity index (χ4v) is 1.39. The number of carbonyl (C=O) groups is 2. The summed E-state index contributed by atoms with van der Waals surface area (Å²) in [5.41, 5.74) is 0. The molecule has 0 radical (unpaired) electrons. The predicted octanol–water partition coefficient (Wildman–Crippen LogP) is 0.947. The van der Waals surface area contributed by atoms with E-state index in [1.54, 1.807) is 0 Å². The number of ether oxygens (including phenoxy) is 1. The first-order valence-corrected chi connectivity index (χ1v) is 6.03. The highest BCUT2D eigenvalue weighted by Crippen LogP contribution is 2.10. The number of aromatic nitrogens is 1. The van der Waals surface area contributed by atoms with Gasteiger partial charge in [0.25, 0.3) is 0 Å². The Bertz CT molecular complexity index is 598. The van der Waals surface area contributed by atoms with Gasteiger partial charge in [0.15, 0.2) is 5.82 Å². The second kappa shape index (κ2) is 7.04. The van der Waals surface area contributed by atoms with E-state index in [1.165, 1.54) is 36.6 Å². The first kappa shape index (κ1) is 14.5. The van der Waals surface area contributed by atoms with Gasteiger partial charge >= 0.3 is 11.8 Å². The Labute approximate surface area is 119 Å². The molecule has 1 heterocycles. The molecule has 0 saturated carbocycles. The van der Waals surface area contributed by atoms with Crippen LogP contribution in [0.4, 0.5) is 10.2 Å². The minimum atomic E-state index is -0.856. The highest BCUT2D eigenvalue weighted by atomic mass is 19.1. The maximum absolute atomic E-state index is 12.7. The van der Waals surface area contributed by atoms with Gasteiger partial charge in [0, 0.05) is 6.07 Å². The summed E-state index contributed by atoms with van der Waals surface area (Å²) in [4.78, 5) is 22.9. The summed E-state index contributed by atoms with van der Waals surface area (Å²) >= 11 is 0. The fraction of sp³-hybridized carbons (Fsp3) is 0.154. The summed E-state index contributed by atoms with van der Waals surface area (Å²) < 4.78 is 22.4. The second-order valence-electron chi connectivity index (χ2n) is 3.90. The van der Waals surface area contributed by atoms with Crippen molar-refractivity contribution in [3.8, 4) is 5.75 Å². The number of hydrogen-bond acceptors (Lipinski definition) is 5. The Kier molecular flexibility index (Phi) is 4.86. The van der Waals surface area contributed by atoms with Gasteiger partial charge in [-0.25, -0.2) is 4.39 Å². The topological polar surface area (TPSA) is 93.5 Å². The van der Waals surface area contributed by atoms with Crippen molar-refractivity contribution in [2.45, 2.75) is 0 Å². The minimum Gasteiger partial charge on any atom is -0.492 e. The molecule has 0 aliphatic carbocycles. The van der Waals surface area contributed by atoms with Crippen molar-refractivity contribution >= 4 is 17.6 Å². The normalized spacial score (nSPS) is 9.95. The molecule has 0 bridgehead atoms. The molecule has 0 atom stereocenters. The van der Waals surface area contributed by atoms with E-state index in [9.17, 15) is 14.0 Å². The van der Waals surface area contributed by atoms with E-state index in [-0.39, 0.29) is 24.8 Å². The van der Waals surface area contributed by atoms with E-state index in [1.807, 2.05) is 0 Å². The molecule has 2 rings (SSSR count). The van der Waals surface area contributed by atoms with Crippen LogP contribution in [0, 0.1) is 5.82 Å². The van der Waals surface area contributed by atoms with Crippen molar-refractivity contribution in [3.63, 3.8) is 0 Å². The maximum atomic E-state index is 12.7. The summed E-state index contributed by atoms with van der Waals surface area (Å²) in [6.45, 7) is 0.275. The van der Waals surface area contributed by atoms with Crippen molar-refractivity contribution < 1.29 is 23.2 Å². The van der Waals surface area contributed by atoms with Crippen LogP contribution in [0.2, 0.25) is 0 Å². The van der Waals surface area contributed by atoms with Gasteiger partial charge in [0.05, 0.1) is 6.54 Å². The first-order chi connectivity index (χ1) is 10.1. The van der Waals surface area contributed by atoms with E-state index < -0.39 is 11.8 Å². The van der Waals surface area contributed by atoms with Crippen molar-refractivity contribution in [3.05, 3.63) is 42.4 Å². The molecule has 7 nitrogen and oxygen atoms in total. The van der Waals surface area contributed by atoms with Gasteiger partial charge in [0.2, 0.25) is 0 Å². The molecule has 110 valence electrons. The average molecular weight is 293 g/mol. The number of halogens is 1. The van der Waals surface area contributed by atoms with Crippen LogP contribution in [0.25, 0.3) is 0 Å². The molecule has 2 amide bonds. The summed E-state index contributed by atoms with van der Waals surface area (Å²) in [5.74, 6) is -1.41. The number of amides is 2. The Morgan fingerprint density at radius 1 is 1.19 bits per heavy atom. The van der Waals surface area contributed by atoms with Crippen molar-refractivity contribution in [1.82, 2.24) is 10.5 Å². The number of carbonyl (C=O) groups excluding carboxylic acids is 2. The third kappa shape index (κ3) is 4.60. The maximum Gasteiger partial charge on any atom is 0.314 e. The summed E-state index contributed by atoms with van der Waals surface area (Å²) in [5, 5.41) is 8.06. The minimum absolute atomic E-state index is 0.127. The largest absolute Gasteiger partial charge is 0.492 e. The summed E-state index contributed by atoms with van der Waals surface area (Å²) in [6, 6.07) is 6.87. The molecule has 21 heavy (non-hydrogen) atoms. The Balaban J connectivity index is 1.67. The van der Waals surface area contributed by atoms with Gasteiger partial charge in [-0.3, -0.25) is 14.9 Å². The van der Waals surface area contributed by atoms with Gasteiger partial charge < -0.3 is 14.6 Å². The Morgan fingerprint density at radius 2 is 1.95 bits per heavy atom. The highest BCUT2D eigenvalue weighted by Gasteiger charge is 2.14. The van der Waals surface area contributed by atoms with E-state index >= 15 is 0 Å². The number of rotatable bonds is 5.